The lowest BCUT2D eigenvalue weighted by Gasteiger charge is -2.53. The summed E-state index contributed by atoms with van der Waals surface area (Å²) in [5, 5.41) is 0. The Bertz CT molecular complexity index is 222. The maximum Gasteiger partial charge on any atom is 0.0711 e. The molecule has 0 unspecified atom stereocenters. The van der Waals surface area contributed by atoms with Crippen LogP contribution in [-0.4, -0.2) is 24.2 Å². The number of ether oxygens (including phenoxy) is 1. The maximum absolute atomic E-state index is 6.24. The van der Waals surface area contributed by atoms with Crippen LogP contribution in [0.1, 0.15) is 38.5 Å². The van der Waals surface area contributed by atoms with Crippen molar-refractivity contribution in [2.45, 2.75) is 74.3 Å². The molecule has 2 fully saturated rings. The van der Waals surface area contributed by atoms with E-state index in [0.717, 1.165) is 0 Å². The lowest BCUT2D eigenvalue weighted by atomic mass is 9.77. The lowest BCUT2D eigenvalue weighted by molar-refractivity contribution is -0.213. The van der Waals surface area contributed by atoms with Crippen LogP contribution in [0, 0.1) is 0 Å². The Morgan fingerprint density at radius 3 is 2.20 bits per heavy atom. The molecule has 1 aliphatic carbocycles. The van der Waals surface area contributed by atoms with Gasteiger partial charge in [-0.1, -0.05) is 54.8 Å². The fourth-order valence-electron chi connectivity index (χ4n) is 2.92. The first-order valence-corrected chi connectivity index (χ1v) is 10.7. The van der Waals surface area contributed by atoms with Crippen LogP contribution >= 0.6 is 15.9 Å². The second-order valence-corrected chi connectivity index (χ2v) is 13.6. The van der Waals surface area contributed by atoms with Gasteiger partial charge in [-0.2, -0.15) is 0 Å². The molecule has 0 aromatic heterocycles. The first-order valence-electron chi connectivity index (χ1n) is 6.25. The second-order valence-electron chi connectivity index (χ2n) is 6.37. The fourth-order valence-corrected chi connectivity index (χ4v) is 4.51. The van der Waals surface area contributed by atoms with E-state index in [-0.39, 0.29) is 0 Å². The Balaban J connectivity index is 1.86. The van der Waals surface area contributed by atoms with Crippen LogP contribution in [0.3, 0.4) is 0 Å². The van der Waals surface area contributed by atoms with Gasteiger partial charge in [-0.3, -0.25) is 0 Å². The van der Waals surface area contributed by atoms with Crippen molar-refractivity contribution in [3.63, 3.8) is 0 Å². The molecule has 0 aromatic carbocycles. The van der Waals surface area contributed by atoms with E-state index in [1.807, 2.05) is 0 Å². The summed E-state index contributed by atoms with van der Waals surface area (Å²) in [6.07, 6.45) is 8.63. The minimum atomic E-state index is -1.08. The summed E-state index contributed by atoms with van der Waals surface area (Å²) in [7, 11) is -1.08. The van der Waals surface area contributed by atoms with Crippen LogP contribution in [0.4, 0.5) is 0 Å². The third-order valence-electron chi connectivity index (χ3n) is 3.89. The minimum absolute atomic E-state index is 0.314. The molecule has 88 valence electrons. The van der Waals surface area contributed by atoms with E-state index < -0.39 is 8.07 Å². The summed E-state index contributed by atoms with van der Waals surface area (Å²) < 4.78 is 6.88. The largest absolute Gasteiger partial charge is 0.371 e. The molecular formula is C12H23BrOSi. The van der Waals surface area contributed by atoms with E-state index in [2.05, 4.69) is 35.6 Å². The van der Waals surface area contributed by atoms with E-state index in [1.54, 1.807) is 0 Å². The van der Waals surface area contributed by atoms with Crippen LogP contribution in [0.5, 0.6) is 0 Å². The topological polar surface area (TPSA) is 9.23 Å². The molecule has 15 heavy (non-hydrogen) atoms. The highest BCUT2D eigenvalue weighted by Crippen LogP contribution is 2.47. The highest BCUT2D eigenvalue weighted by atomic mass is 79.9. The summed E-state index contributed by atoms with van der Waals surface area (Å²) in [6, 6.07) is 0. The maximum atomic E-state index is 6.24. The van der Waals surface area contributed by atoms with Gasteiger partial charge in [0.1, 0.15) is 0 Å². The number of rotatable bonds is 2. The van der Waals surface area contributed by atoms with Gasteiger partial charge in [0.05, 0.1) is 19.8 Å². The Morgan fingerprint density at radius 1 is 1.20 bits per heavy atom. The van der Waals surface area contributed by atoms with Gasteiger partial charge in [-0.15, -0.1) is 0 Å². The van der Waals surface area contributed by atoms with Gasteiger partial charge in [0.2, 0.25) is 0 Å². The van der Waals surface area contributed by atoms with Crippen LogP contribution in [0.15, 0.2) is 0 Å². The predicted molar refractivity (Wildman–Crippen MR) is 71.4 cm³/mol. The van der Waals surface area contributed by atoms with Crippen LogP contribution in [0.25, 0.3) is 0 Å². The quantitative estimate of drug-likeness (QED) is 0.549. The summed E-state index contributed by atoms with van der Waals surface area (Å²) in [5.74, 6) is 0. The van der Waals surface area contributed by atoms with Crippen molar-refractivity contribution in [1.29, 1.82) is 0 Å². The average Bonchev–Trinajstić information content (AvgIpc) is 2.13. The minimum Gasteiger partial charge on any atom is -0.371 e. The van der Waals surface area contributed by atoms with E-state index in [1.165, 1.54) is 38.5 Å². The number of hydrogen-bond acceptors (Lipinski definition) is 1. The Morgan fingerprint density at radius 2 is 1.73 bits per heavy atom. The van der Waals surface area contributed by atoms with Gasteiger partial charge in [0.15, 0.2) is 0 Å². The zero-order chi connectivity index (χ0) is 11.1. The highest BCUT2D eigenvalue weighted by molar-refractivity contribution is 9.10. The van der Waals surface area contributed by atoms with E-state index in [4.69, 9.17) is 4.74 Å². The Hall–Kier alpha value is 0.657. The zero-order valence-electron chi connectivity index (χ0n) is 10.2. The van der Waals surface area contributed by atoms with Crippen molar-refractivity contribution in [2.24, 2.45) is 0 Å². The molecule has 2 atom stereocenters. The molecule has 1 aliphatic heterocycles. The molecule has 2 aliphatic rings. The van der Waals surface area contributed by atoms with Gasteiger partial charge in [-0.25, -0.2) is 0 Å². The Kier molecular flexibility index (Phi) is 3.36. The third-order valence-corrected chi connectivity index (χ3v) is 10.6. The second kappa shape index (κ2) is 4.15. The first kappa shape index (κ1) is 12.1. The molecule has 0 amide bonds. The molecule has 0 radical (unpaired) electrons. The zero-order valence-corrected chi connectivity index (χ0v) is 12.8. The van der Waals surface area contributed by atoms with Crippen LogP contribution < -0.4 is 0 Å². The molecule has 1 nitrogen and oxygen atoms in total. The predicted octanol–water partition coefficient (Wildman–Crippen LogP) is 4.12. The average molecular weight is 291 g/mol. The van der Waals surface area contributed by atoms with Gasteiger partial charge < -0.3 is 4.74 Å². The molecule has 0 N–H and O–H groups in total. The molecule has 2 rings (SSSR count). The van der Waals surface area contributed by atoms with E-state index in [0.29, 0.717) is 16.2 Å². The monoisotopic (exact) mass is 290 g/mol. The number of alkyl halides is 1. The van der Waals surface area contributed by atoms with E-state index >= 15 is 0 Å². The molecule has 0 bridgehead atoms. The smallest absolute Gasteiger partial charge is 0.0711 e. The van der Waals surface area contributed by atoms with Crippen molar-refractivity contribution in [2.75, 3.05) is 0 Å². The molecular weight excluding hydrogens is 268 g/mol. The molecule has 1 saturated heterocycles. The van der Waals surface area contributed by atoms with Gasteiger partial charge >= 0.3 is 0 Å². The van der Waals surface area contributed by atoms with E-state index in [9.17, 15) is 0 Å². The molecule has 0 aromatic rings. The summed E-state index contributed by atoms with van der Waals surface area (Å²) in [5.41, 5.74) is 0.314. The SMILES string of the molecule is C[Si](C)(C)[C@@H](Br)[C@@H]1CC2(CCCCC2)O1. The molecule has 1 saturated carbocycles. The number of hydrogen-bond donors (Lipinski definition) is 0. The van der Waals surface area contributed by atoms with Crippen LogP contribution in [-0.2, 0) is 4.74 Å². The molecule has 1 spiro atoms. The first-order chi connectivity index (χ1) is 6.93. The van der Waals surface area contributed by atoms with Gasteiger partial charge in [0, 0.05) is 10.9 Å². The van der Waals surface area contributed by atoms with Gasteiger partial charge in [0.25, 0.3) is 0 Å². The standard InChI is InChI=1S/C12H23BrOSi/c1-15(2,3)11(13)10-9-12(14-10)7-5-4-6-8-12/h10-11H,4-9H2,1-3H3/t10-,11+/m0/s1. The van der Waals surface area contributed by atoms with Crippen molar-refractivity contribution < 1.29 is 4.74 Å². The Labute approximate surface area is 103 Å². The van der Waals surface area contributed by atoms with Crippen molar-refractivity contribution in [1.82, 2.24) is 0 Å². The summed E-state index contributed by atoms with van der Waals surface area (Å²) in [6.45, 7) is 7.25. The normalized spacial score (nSPS) is 32.4. The highest BCUT2D eigenvalue weighted by Gasteiger charge is 2.50. The van der Waals surface area contributed by atoms with Crippen LogP contribution in [0.2, 0.25) is 19.6 Å². The molecule has 1 heterocycles. The summed E-state index contributed by atoms with van der Waals surface area (Å²) >= 11 is 3.86. The third kappa shape index (κ3) is 2.50. The fraction of sp³-hybridized carbons (Fsp3) is 1.00. The van der Waals surface area contributed by atoms with Crippen molar-refractivity contribution in [3.8, 4) is 0 Å². The van der Waals surface area contributed by atoms with Crippen molar-refractivity contribution in [3.05, 3.63) is 0 Å². The molecule has 3 heteroatoms. The summed E-state index contributed by atoms with van der Waals surface area (Å²) in [4.78, 5) is 0. The van der Waals surface area contributed by atoms with Gasteiger partial charge in [-0.05, 0) is 12.8 Å². The lowest BCUT2D eigenvalue weighted by Crippen LogP contribution is -2.59. The number of halogens is 1. The van der Waals surface area contributed by atoms with Crippen molar-refractivity contribution >= 4 is 24.0 Å².